The van der Waals surface area contributed by atoms with Gasteiger partial charge in [-0.1, -0.05) is 50.0 Å². The first-order chi connectivity index (χ1) is 11.1. The zero-order valence-corrected chi connectivity index (χ0v) is 16.1. The first kappa shape index (κ1) is 18.8. The molecule has 2 rings (SSSR count). The molecule has 0 N–H and O–H groups in total. The highest BCUT2D eigenvalue weighted by molar-refractivity contribution is 6.35. The Morgan fingerprint density at radius 2 is 1.96 bits per heavy atom. The Hall–Kier alpha value is -1.52. The minimum Gasteiger partial charge on any atom is -0.470 e. The van der Waals surface area contributed by atoms with Crippen molar-refractivity contribution in [3.63, 3.8) is 0 Å². The number of ketones is 1. The number of halogens is 2. The van der Waals surface area contributed by atoms with Crippen molar-refractivity contribution in [2.24, 2.45) is 12.5 Å². The summed E-state index contributed by atoms with van der Waals surface area (Å²) in [6.07, 6.45) is 0.564. The van der Waals surface area contributed by atoms with Gasteiger partial charge < -0.3 is 4.74 Å². The van der Waals surface area contributed by atoms with Gasteiger partial charge in [-0.2, -0.15) is 5.10 Å². The van der Waals surface area contributed by atoms with Crippen LogP contribution in [0, 0.1) is 12.3 Å². The quantitative estimate of drug-likeness (QED) is 0.773. The van der Waals surface area contributed by atoms with Crippen LogP contribution in [0.15, 0.2) is 18.2 Å². The molecule has 24 heavy (non-hydrogen) atoms. The monoisotopic (exact) mass is 368 g/mol. The van der Waals surface area contributed by atoms with Crippen molar-refractivity contribution in [3.8, 4) is 5.88 Å². The molecule has 1 heterocycles. The van der Waals surface area contributed by atoms with Crippen LogP contribution < -0.4 is 4.74 Å². The lowest BCUT2D eigenvalue weighted by molar-refractivity contribution is -0.128. The van der Waals surface area contributed by atoms with E-state index in [9.17, 15) is 4.79 Å². The van der Waals surface area contributed by atoms with E-state index in [0.717, 1.165) is 16.8 Å². The summed E-state index contributed by atoms with van der Waals surface area (Å²) in [5, 5.41) is 5.60. The Morgan fingerprint density at radius 1 is 1.29 bits per heavy atom. The number of aromatic nitrogens is 2. The van der Waals surface area contributed by atoms with E-state index in [1.54, 1.807) is 23.9 Å². The van der Waals surface area contributed by atoms with E-state index < -0.39 is 5.41 Å². The predicted molar refractivity (Wildman–Crippen MR) is 97.2 cm³/mol. The van der Waals surface area contributed by atoms with E-state index in [1.165, 1.54) is 0 Å². The fourth-order valence-corrected chi connectivity index (χ4v) is 2.75. The van der Waals surface area contributed by atoms with Crippen LogP contribution >= 0.6 is 23.2 Å². The van der Waals surface area contributed by atoms with Gasteiger partial charge in [0, 0.05) is 34.5 Å². The summed E-state index contributed by atoms with van der Waals surface area (Å²) in [6, 6.07) is 5.41. The van der Waals surface area contributed by atoms with Gasteiger partial charge in [-0.3, -0.25) is 4.79 Å². The molecule has 0 aliphatic carbocycles. The number of rotatable bonds is 5. The van der Waals surface area contributed by atoms with Crippen molar-refractivity contribution in [2.75, 3.05) is 6.61 Å². The highest BCUT2D eigenvalue weighted by Gasteiger charge is 2.23. The molecule has 0 aliphatic rings. The molecular formula is C18H22Cl2N2O2. The van der Waals surface area contributed by atoms with Crippen LogP contribution in [0.4, 0.5) is 0 Å². The standard InChI is InChI=1S/C18H22Cl2N2O2/c1-11-14(8-12-6-7-13(19)9-15(12)20)17(22(5)21-11)24-10-16(23)18(2,3)4/h6-7,9H,8,10H2,1-5H3. The van der Waals surface area contributed by atoms with Crippen molar-refractivity contribution in [1.82, 2.24) is 9.78 Å². The summed E-state index contributed by atoms with van der Waals surface area (Å²) in [4.78, 5) is 12.1. The largest absolute Gasteiger partial charge is 0.470 e. The lowest BCUT2D eigenvalue weighted by atomic mass is 9.91. The number of nitrogens with zero attached hydrogens (tertiary/aromatic N) is 2. The first-order valence-corrected chi connectivity index (χ1v) is 8.47. The van der Waals surface area contributed by atoms with Crippen molar-refractivity contribution in [3.05, 3.63) is 45.1 Å². The molecule has 0 saturated heterocycles. The average molecular weight is 369 g/mol. The van der Waals surface area contributed by atoms with Gasteiger partial charge in [0.1, 0.15) is 6.61 Å². The Morgan fingerprint density at radius 3 is 2.54 bits per heavy atom. The van der Waals surface area contributed by atoms with E-state index in [1.807, 2.05) is 33.8 Å². The number of ether oxygens (including phenoxy) is 1. The van der Waals surface area contributed by atoms with E-state index in [-0.39, 0.29) is 12.4 Å². The van der Waals surface area contributed by atoms with Crippen LogP contribution in [-0.4, -0.2) is 22.2 Å². The maximum Gasteiger partial charge on any atom is 0.215 e. The van der Waals surface area contributed by atoms with Crippen molar-refractivity contribution < 1.29 is 9.53 Å². The third-order valence-corrected chi connectivity index (χ3v) is 4.43. The summed E-state index contributed by atoms with van der Waals surface area (Å²) >= 11 is 12.2. The Bertz CT molecular complexity index is 761. The number of hydrogen-bond acceptors (Lipinski definition) is 3. The lowest BCUT2D eigenvalue weighted by Crippen LogP contribution is -2.27. The molecule has 0 spiro atoms. The molecule has 0 radical (unpaired) electrons. The van der Waals surface area contributed by atoms with Crippen LogP contribution in [0.25, 0.3) is 0 Å². The zero-order chi connectivity index (χ0) is 18.1. The fraction of sp³-hybridized carbons (Fsp3) is 0.444. The third kappa shape index (κ3) is 4.31. The molecule has 6 heteroatoms. The summed E-state index contributed by atoms with van der Waals surface area (Å²) in [6.45, 7) is 7.56. The second-order valence-electron chi connectivity index (χ2n) is 6.87. The molecule has 0 aliphatic heterocycles. The zero-order valence-electron chi connectivity index (χ0n) is 14.6. The van der Waals surface area contributed by atoms with Crippen molar-refractivity contribution >= 4 is 29.0 Å². The topological polar surface area (TPSA) is 44.1 Å². The molecule has 0 bridgehead atoms. The summed E-state index contributed by atoms with van der Waals surface area (Å²) < 4.78 is 7.45. The van der Waals surface area contributed by atoms with Gasteiger partial charge in [0.2, 0.25) is 5.88 Å². The molecular weight excluding hydrogens is 347 g/mol. The van der Waals surface area contributed by atoms with E-state index in [2.05, 4.69) is 5.10 Å². The molecule has 1 aromatic carbocycles. The Labute approximate surface area is 152 Å². The molecule has 0 unspecified atom stereocenters. The third-order valence-electron chi connectivity index (χ3n) is 3.85. The highest BCUT2D eigenvalue weighted by Crippen LogP contribution is 2.29. The fourth-order valence-electron chi connectivity index (χ4n) is 2.27. The lowest BCUT2D eigenvalue weighted by Gasteiger charge is -2.17. The minimum atomic E-state index is -0.437. The highest BCUT2D eigenvalue weighted by atomic mass is 35.5. The molecule has 0 fully saturated rings. The SMILES string of the molecule is Cc1nn(C)c(OCC(=O)C(C)(C)C)c1Cc1ccc(Cl)cc1Cl. The van der Waals surface area contributed by atoms with Gasteiger partial charge in [-0.05, 0) is 24.6 Å². The minimum absolute atomic E-state index is 0.0177. The van der Waals surface area contributed by atoms with Crippen LogP contribution in [0.5, 0.6) is 5.88 Å². The normalized spacial score (nSPS) is 11.6. The van der Waals surface area contributed by atoms with Crippen LogP contribution in [0.2, 0.25) is 10.0 Å². The summed E-state index contributed by atoms with van der Waals surface area (Å²) in [7, 11) is 1.80. The molecule has 0 atom stereocenters. The van der Waals surface area contributed by atoms with Gasteiger partial charge in [0.25, 0.3) is 0 Å². The van der Waals surface area contributed by atoms with Gasteiger partial charge in [-0.15, -0.1) is 0 Å². The summed E-state index contributed by atoms with van der Waals surface area (Å²) in [5.74, 6) is 0.632. The maximum atomic E-state index is 12.1. The van der Waals surface area contributed by atoms with Gasteiger partial charge in [0.05, 0.1) is 5.69 Å². The molecule has 130 valence electrons. The molecule has 0 amide bonds. The van der Waals surface area contributed by atoms with E-state index >= 15 is 0 Å². The molecule has 1 aromatic heterocycles. The Balaban J connectivity index is 2.26. The van der Waals surface area contributed by atoms with Gasteiger partial charge in [-0.25, -0.2) is 4.68 Å². The maximum absolute atomic E-state index is 12.1. The van der Waals surface area contributed by atoms with E-state index in [4.69, 9.17) is 27.9 Å². The van der Waals surface area contributed by atoms with Crippen molar-refractivity contribution in [2.45, 2.75) is 34.1 Å². The number of carbonyl (C=O) groups excluding carboxylic acids is 1. The van der Waals surface area contributed by atoms with E-state index in [0.29, 0.717) is 22.3 Å². The van der Waals surface area contributed by atoms with Gasteiger partial charge in [0.15, 0.2) is 5.78 Å². The Kier molecular flexibility index (Phi) is 5.61. The van der Waals surface area contributed by atoms with Gasteiger partial charge >= 0.3 is 0 Å². The predicted octanol–water partition coefficient (Wildman–Crippen LogP) is 4.62. The smallest absolute Gasteiger partial charge is 0.215 e. The van der Waals surface area contributed by atoms with Crippen LogP contribution in [0.1, 0.15) is 37.6 Å². The van der Waals surface area contributed by atoms with Crippen molar-refractivity contribution in [1.29, 1.82) is 0 Å². The second-order valence-corrected chi connectivity index (χ2v) is 7.71. The first-order valence-electron chi connectivity index (χ1n) is 7.72. The summed E-state index contributed by atoms with van der Waals surface area (Å²) in [5.41, 5.74) is 2.27. The number of aryl methyl sites for hydroxylation is 2. The number of benzene rings is 1. The molecule has 2 aromatic rings. The average Bonchev–Trinajstić information content (AvgIpc) is 2.72. The van der Waals surface area contributed by atoms with Crippen LogP contribution in [-0.2, 0) is 18.3 Å². The van der Waals surface area contributed by atoms with Crippen LogP contribution in [0.3, 0.4) is 0 Å². The number of hydrogen-bond donors (Lipinski definition) is 0. The second kappa shape index (κ2) is 7.16. The number of Topliss-reactive ketones (excluding diaryl/α,β-unsaturated/α-hetero) is 1. The molecule has 4 nitrogen and oxygen atoms in total. The molecule has 0 saturated carbocycles. The number of carbonyl (C=O) groups is 1.